The number of rotatable bonds is 8. The molecule has 10 nitrogen and oxygen atoms in total. The zero-order chi connectivity index (χ0) is 33.1. The van der Waals surface area contributed by atoms with Crippen LogP contribution in [0.5, 0.6) is 5.75 Å². The van der Waals surface area contributed by atoms with Gasteiger partial charge in [-0.2, -0.15) is 11.8 Å². The molecule has 3 aromatic carbocycles. The summed E-state index contributed by atoms with van der Waals surface area (Å²) in [7, 11) is 3.96. The maximum atomic E-state index is 13.6. The van der Waals surface area contributed by atoms with Crippen LogP contribution in [0.25, 0.3) is 21.9 Å². The molecule has 1 fully saturated rings. The third-order valence-corrected chi connectivity index (χ3v) is 9.36. The van der Waals surface area contributed by atoms with Gasteiger partial charge in [0, 0.05) is 54.8 Å². The van der Waals surface area contributed by atoms with Gasteiger partial charge >= 0.3 is 6.03 Å². The van der Waals surface area contributed by atoms with Crippen LogP contribution in [0, 0.1) is 0 Å². The van der Waals surface area contributed by atoms with E-state index in [2.05, 4.69) is 59.0 Å². The number of carbonyl (C=O) groups is 2. The number of nitrogens with zero attached hydrogens (tertiary/aromatic N) is 4. The van der Waals surface area contributed by atoms with E-state index in [1.807, 2.05) is 85.5 Å². The number of anilines is 4. The molecule has 3 amide bonds. The van der Waals surface area contributed by atoms with Crippen LogP contribution in [0.4, 0.5) is 27.7 Å². The summed E-state index contributed by atoms with van der Waals surface area (Å²) in [5.74, 6) is 3.45. The van der Waals surface area contributed by atoms with Crippen molar-refractivity contribution in [2.24, 2.45) is 0 Å². The predicted molar refractivity (Wildman–Crippen MR) is 194 cm³/mol. The third-order valence-electron chi connectivity index (χ3n) is 8.42. The van der Waals surface area contributed by atoms with E-state index < -0.39 is 6.03 Å². The molecule has 11 heteroatoms. The molecule has 246 valence electrons. The number of hydrazine groups is 1. The number of fused-ring (bicyclic) bond motifs is 2. The molecule has 0 radical (unpaired) electrons. The molecule has 6 rings (SSSR count). The van der Waals surface area contributed by atoms with Crippen LogP contribution < -0.4 is 25.7 Å². The predicted octanol–water partition coefficient (Wildman–Crippen LogP) is 6.51. The van der Waals surface area contributed by atoms with E-state index in [9.17, 15) is 9.59 Å². The van der Waals surface area contributed by atoms with Gasteiger partial charge < -0.3 is 30.6 Å². The SMILES string of the molecule is CN(C)CCN1C(=O)COc2c(NC(=O)Nc3ccc(-c4ccc(NN5CCSCC5)nc4)c4ccccc34)cc(C(C)(C)C)cc21. The Morgan fingerprint density at radius 3 is 2.43 bits per heavy atom. The number of urea groups is 1. The first-order valence-corrected chi connectivity index (χ1v) is 17.1. The van der Waals surface area contributed by atoms with Crippen LogP contribution in [-0.4, -0.2) is 85.2 Å². The molecule has 0 atom stereocenters. The van der Waals surface area contributed by atoms with E-state index in [1.54, 1.807) is 4.90 Å². The number of aromatic nitrogens is 1. The lowest BCUT2D eigenvalue weighted by molar-refractivity contribution is -0.121. The summed E-state index contributed by atoms with van der Waals surface area (Å²) in [5.41, 5.74) is 8.08. The number of ether oxygens (including phenoxy) is 1. The normalized spacial score (nSPS) is 15.4. The number of hydrogen-bond donors (Lipinski definition) is 3. The van der Waals surface area contributed by atoms with Gasteiger partial charge in [-0.3, -0.25) is 4.79 Å². The van der Waals surface area contributed by atoms with Crippen molar-refractivity contribution >= 4 is 57.4 Å². The van der Waals surface area contributed by atoms with Gasteiger partial charge in [0.05, 0.1) is 17.1 Å². The Hall–Kier alpha value is -4.32. The molecule has 0 unspecified atom stereocenters. The van der Waals surface area contributed by atoms with Crippen molar-refractivity contribution in [1.29, 1.82) is 0 Å². The van der Waals surface area contributed by atoms with Crippen molar-refractivity contribution in [2.45, 2.75) is 26.2 Å². The summed E-state index contributed by atoms with van der Waals surface area (Å²) in [4.78, 5) is 35.0. The van der Waals surface area contributed by atoms with Gasteiger partial charge in [-0.15, -0.1) is 0 Å². The topological polar surface area (TPSA) is 102 Å². The molecule has 1 saturated heterocycles. The van der Waals surface area contributed by atoms with Crippen molar-refractivity contribution in [2.75, 3.05) is 79.3 Å². The van der Waals surface area contributed by atoms with Gasteiger partial charge in [-0.1, -0.05) is 51.1 Å². The van der Waals surface area contributed by atoms with Gasteiger partial charge in [-0.25, -0.2) is 14.8 Å². The second-order valence-corrected chi connectivity index (χ2v) is 14.4. The second-order valence-electron chi connectivity index (χ2n) is 13.2. The van der Waals surface area contributed by atoms with E-state index in [0.717, 1.165) is 57.9 Å². The number of nitrogens with one attached hydrogen (secondary N) is 3. The Balaban J connectivity index is 1.25. The van der Waals surface area contributed by atoms with Crippen molar-refractivity contribution in [1.82, 2.24) is 14.9 Å². The second kappa shape index (κ2) is 13.8. The Morgan fingerprint density at radius 2 is 1.72 bits per heavy atom. The maximum absolute atomic E-state index is 13.6. The van der Waals surface area contributed by atoms with E-state index in [-0.39, 0.29) is 17.9 Å². The highest BCUT2D eigenvalue weighted by Gasteiger charge is 2.31. The van der Waals surface area contributed by atoms with Gasteiger partial charge in [0.2, 0.25) is 0 Å². The minimum Gasteiger partial charge on any atom is -0.479 e. The summed E-state index contributed by atoms with van der Waals surface area (Å²) < 4.78 is 5.95. The fourth-order valence-electron chi connectivity index (χ4n) is 5.78. The summed E-state index contributed by atoms with van der Waals surface area (Å²) in [6.45, 7) is 9.44. The van der Waals surface area contributed by atoms with Gasteiger partial charge in [0.25, 0.3) is 5.91 Å². The highest BCUT2D eigenvalue weighted by molar-refractivity contribution is 7.99. The summed E-state index contributed by atoms with van der Waals surface area (Å²) in [6.07, 6.45) is 1.89. The molecule has 3 N–H and O–H groups in total. The van der Waals surface area contributed by atoms with Crippen molar-refractivity contribution in [3.8, 4) is 16.9 Å². The summed E-state index contributed by atoms with van der Waals surface area (Å²) >= 11 is 1.97. The number of hydrogen-bond acceptors (Lipinski definition) is 8. The molecule has 0 bridgehead atoms. The molecular formula is C36H43N7O3S. The van der Waals surface area contributed by atoms with Crippen LogP contribution in [-0.2, 0) is 10.2 Å². The highest BCUT2D eigenvalue weighted by Crippen LogP contribution is 2.43. The standard InChI is InChI=1S/C36H43N7O3S/c1-36(2,3)25-20-30(34-31(21-25)43(15-14-41(4)5)33(44)23-46-34)39-35(45)38-29-12-11-26(27-8-6-7-9-28(27)29)24-10-13-32(37-22-24)40-42-16-18-47-19-17-42/h6-13,20-22H,14-19,23H2,1-5H3,(H,37,40)(H2,38,39,45). The molecule has 0 saturated carbocycles. The molecule has 0 spiro atoms. The average molecular weight is 654 g/mol. The number of thioether (sulfide) groups is 1. The first-order chi connectivity index (χ1) is 22.6. The van der Waals surface area contributed by atoms with Crippen LogP contribution >= 0.6 is 11.8 Å². The number of amides is 3. The van der Waals surface area contributed by atoms with Crippen LogP contribution in [0.15, 0.2) is 66.9 Å². The quantitative estimate of drug-likeness (QED) is 0.198. The van der Waals surface area contributed by atoms with Crippen LogP contribution in [0.1, 0.15) is 26.3 Å². The molecule has 2 aliphatic heterocycles. The zero-order valence-corrected chi connectivity index (χ0v) is 28.5. The minimum atomic E-state index is -0.398. The molecule has 0 aliphatic carbocycles. The Morgan fingerprint density at radius 1 is 0.979 bits per heavy atom. The summed E-state index contributed by atoms with van der Waals surface area (Å²) in [5, 5.41) is 10.2. The molecule has 4 aromatic rings. The maximum Gasteiger partial charge on any atom is 0.323 e. The smallest absolute Gasteiger partial charge is 0.323 e. The molecule has 47 heavy (non-hydrogen) atoms. The first-order valence-electron chi connectivity index (χ1n) is 16.0. The van der Waals surface area contributed by atoms with Gasteiger partial charge in [0.1, 0.15) is 5.82 Å². The average Bonchev–Trinajstić information content (AvgIpc) is 3.05. The molecular weight excluding hydrogens is 611 g/mol. The van der Waals surface area contributed by atoms with E-state index in [1.165, 1.54) is 0 Å². The van der Waals surface area contributed by atoms with Gasteiger partial charge in [0.15, 0.2) is 12.4 Å². The number of carbonyl (C=O) groups excluding carboxylic acids is 2. The summed E-state index contributed by atoms with van der Waals surface area (Å²) in [6, 6.07) is 19.6. The first kappa shape index (κ1) is 32.6. The minimum absolute atomic E-state index is 0.0823. The van der Waals surface area contributed by atoms with E-state index >= 15 is 0 Å². The third kappa shape index (κ3) is 7.48. The largest absolute Gasteiger partial charge is 0.479 e. The molecule has 3 heterocycles. The molecule has 1 aromatic heterocycles. The van der Waals surface area contributed by atoms with Crippen LogP contribution in [0.3, 0.4) is 0 Å². The Kier molecular flexibility index (Phi) is 9.58. The lowest BCUT2D eigenvalue weighted by atomic mass is 9.86. The lowest BCUT2D eigenvalue weighted by Gasteiger charge is -2.33. The Bertz CT molecular complexity index is 1770. The number of likely N-dealkylation sites (N-methyl/N-ethyl adjacent to an activating group) is 1. The van der Waals surface area contributed by atoms with E-state index in [4.69, 9.17) is 4.74 Å². The van der Waals surface area contributed by atoms with Crippen LogP contribution in [0.2, 0.25) is 0 Å². The lowest BCUT2D eigenvalue weighted by Crippen LogP contribution is -2.42. The van der Waals surface area contributed by atoms with E-state index in [0.29, 0.717) is 35.9 Å². The van der Waals surface area contributed by atoms with Gasteiger partial charge in [-0.05, 0) is 66.4 Å². The highest BCUT2D eigenvalue weighted by atomic mass is 32.2. The fraction of sp³-hybridized carbons (Fsp3) is 0.361. The van der Waals surface area contributed by atoms with Crippen molar-refractivity contribution in [3.05, 3.63) is 72.4 Å². The fourth-order valence-corrected chi connectivity index (χ4v) is 6.68. The Labute approximate surface area is 280 Å². The number of pyridine rings is 1. The van der Waals surface area contributed by atoms with Crippen molar-refractivity contribution < 1.29 is 14.3 Å². The molecule has 2 aliphatic rings. The monoisotopic (exact) mass is 653 g/mol. The van der Waals surface area contributed by atoms with Crippen molar-refractivity contribution in [3.63, 3.8) is 0 Å². The zero-order valence-electron chi connectivity index (χ0n) is 27.7. The number of benzene rings is 3.